The monoisotopic (exact) mass is 392 g/mol. The van der Waals surface area contributed by atoms with Crippen LogP contribution in [0, 0.1) is 0 Å². The van der Waals surface area contributed by atoms with Crippen molar-refractivity contribution in [2.24, 2.45) is 5.10 Å². The van der Waals surface area contributed by atoms with Crippen molar-refractivity contribution in [3.63, 3.8) is 0 Å². The van der Waals surface area contributed by atoms with Gasteiger partial charge in [-0.15, -0.1) is 10.2 Å². The van der Waals surface area contributed by atoms with Crippen molar-refractivity contribution in [2.75, 3.05) is 20.0 Å². The first-order chi connectivity index (χ1) is 13.8. The molecular formula is C20H16N4O3S. The summed E-state index contributed by atoms with van der Waals surface area (Å²) < 4.78 is 18.4. The zero-order chi connectivity index (χ0) is 19.1. The van der Waals surface area contributed by atoms with E-state index in [1.165, 1.54) is 0 Å². The summed E-state index contributed by atoms with van der Waals surface area (Å²) >= 11 is 1.58. The predicted octanol–water partition coefficient (Wildman–Crippen LogP) is 4.07. The summed E-state index contributed by atoms with van der Waals surface area (Å²) in [6.07, 6.45) is 0. The molecule has 1 aliphatic rings. The highest BCUT2D eigenvalue weighted by Crippen LogP contribution is 2.34. The van der Waals surface area contributed by atoms with Crippen LogP contribution in [0.4, 0.5) is 0 Å². The topological polar surface area (TPSA) is 74.7 Å². The summed E-state index contributed by atoms with van der Waals surface area (Å²) in [5, 5.41) is 15.2. The maximum Gasteiger partial charge on any atom is 0.212 e. The fourth-order valence-corrected chi connectivity index (χ4v) is 3.94. The molecular weight excluding hydrogens is 376 g/mol. The van der Waals surface area contributed by atoms with E-state index in [2.05, 4.69) is 10.2 Å². The molecule has 4 aromatic rings. The van der Waals surface area contributed by atoms with Gasteiger partial charge in [0.25, 0.3) is 0 Å². The van der Waals surface area contributed by atoms with E-state index in [0.717, 1.165) is 33.2 Å². The van der Waals surface area contributed by atoms with Crippen LogP contribution < -0.4 is 9.47 Å². The molecule has 5 rings (SSSR count). The predicted molar refractivity (Wildman–Crippen MR) is 107 cm³/mol. The molecule has 0 unspecified atom stereocenters. The molecule has 28 heavy (non-hydrogen) atoms. The van der Waals surface area contributed by atoms with Crippen molar-refractivity contribution in [1.82, 2.24) is 14.9 Å². The fourth-order valence-electron chi connectivity index (χ4n) is 3.13. The van der Waals surface area contributed by atoms with Gasteiger partial charge in [-0.2, -0.15) is 9.78 Å². The lowest BCUT2D eigenvalue weighted by molar-refractivity contribution is 0.355. The molecule has 0 fully saturated rings. The van der Waals surface area contributed by atoms with Crippen LogP contribution in [-0.4, -0.2) is 40.6 Å². The van der Waals surface area contributed by atoms with Gasteiger partial charge in [0, 0.05) is 16.7 Å². The molecule has 8 heteroatoms. The minimum absolute atomic E-state index is 0.627. The number of rotatable bonds is 4. The Balaban J connectivity index is 1.58. The van der Waals surface area contributed by atoms with E-state index in [-0.39, 0.29) is 0 Å². The molecule has 1 aliphatic heterocycles. The Kier molecular flexibility index (Phi) is 4.05. The highest BCUT2D eigenvalue weighted by Gasteiger charge is 2.23. The Hall–Kier alpha value is -3.26. The second kappa shape index (κ2) is 6.72. The first-order valence-electron chi connectivity index (χ1n) is 8.64. The highest BCUT2D eigenvalue weighted by atomic mass is 32.2. The number of aromatic nitrogens is 3. The molecule has 7 nitrogen and oxygen atoms in total. The average molecular weight is 392 g/mol. The molecule has 140 valence electrons. The van der Waals surface area contributed by atoms with Gasteiger partial charge >= 0.3 is 0 Å². The zero-order valence-corrected chi connectivity index (χ0v) is 16.1. The second-order valence-electron chi connectivity index (χ2n) is 6.17. The number of benzene rings is 2. The average Bonchev–Trinajstić information content (AvgIpc) is 3.36. The van der Waals surface area contributed by atoms with E-state index in [1.807, 2.05) is 48.5 Å². The maximum atomic E-state index is 5.98. The number of hydrogen-bond donors (Lipinski definition) is 0. The summed E-state index contributed by atoms with van der Waals surface area (Å²) in [6, 6.07) is 15.6. The standard InChI is InChI=1S/C20H16N4O3S/c1-25-16-8-7-13(10-18(16)26-2)19-21-22-20-24(19)23-14(11-28-20)17-9-12-5-3-4-6-15(12)27-17/h3-10H,11H2,1-2H3. The van der Waals surface area contributed by atoms with Crippen molar-refractivity contribution >= 4 is 28.4 Å². The highest BCUT2D eigenvalue weighted by molar-refractivity contribution is 7.99. The minimum atomic E-state index is 0.627. The summed E-state index contributed by atoms with van der Waals surface area (Å²) in [7, 11) is 3.21. The first-order valence-corrected chi connectivity index (χ1v) is 9.63. The third-order valence-electron chi connectivity index (χ3n) is 4.52. The number of ether oxygens (including phenoxy) is 2. The van der Waals surface area contributed by atoms with Crippen molar-refractivity contribution in [2.45, 2.75) is 5.16 Å². The lowest BCUT2D eigenvalue weighted by atomic mass is 10.2. The van der Waals surface area contributed by atoms with Gasteiger partial charge in [0.2, 0.25) is 5.16 Å². The summed E-state index contributed by atoms with van der Waals surface area (Å²) in [4.78, 5) is 0. The van der Waals surface area contributed by atoms with Crippen LogP contribution in [0.2, 0.25) is 0 Å². The number of para-hydroxylation sites is 1. The van der Waals surface area contributed by atoms with Crippen molar-refractivity contribution in [3.05, 3.63) is 54.3 Å². The second-order valence-corrected chi connectivity index (χ2v) is 7.11. The molecule has 2 aromatic carbocycles. The quantitative estimate of drug-likeness (QED) is 0.521. The van der Waals surface area contributed by atoms with E-state index in [4.69, 9.17) is 19.0 Å². The van der Waals surface area contributed by atoms with Crippen LogP contribution in [0.5, 0.6) is 11.5 Å². The number of hydrogen-bond acceptors (Lipinski definition) is 7. The maximum absolute atomic E-state index is 5.98. The van der Waals surface area contributed by atoms with Crippen LogP contribution in [0.25, 0.3) is 22.4 Å². The molecule has 0 N–H and O–H groups in total. The van der Waals surface area contributed by atoms with Gasteiger partial charge < -0.3 is 13.9 Å². The van der Waals surface area contributed by atoms with Crippen LogP contribution in [0.1, 0.15) is 5.76 Å². The van der Waals surface area contributed by atoms with E-state index in [0.29, 0.717) is 23.1 Å². The summed E-state index contributed by atoms with van der Waals surface area (Å²) in [6.45, 7) is 0. The van der Waals surface area contributed by atoms with Gasteiger partial charge in [0.15, 0.2) is 23.1 Å². The Morgan fingerprint density at radius 3 is 2.68 bits per heavy atom. The largest absolute Gasteiger partial charge is 0.493 e. The molecule has 0 saturated heterocycles. The molecule has 3 heterocycles. The van der Waals surface area contributed by atoms with E-state index in [9.17, 15) is 0 Å². The third-order valence-corrected chi connectivity index (χ3v) is 5.45. The molecule has 0 saturated carbocycles. The zero-order valence-electron chi connectivity index (χ0n) is 15.2. The summed E-state index contributed by atoms with van der Waals surface area (Å²) in [5.41, 5.74) is 2.53. The first kappa shape index (κ1) is 16.9. The van der Waals surface area contributed by atoms with Crippen LogP contribution in [0.3, 0.4) is 0 Å². The van der Waals surface area contributed by atoms with E-state index >= 15 is 0 Å². The molecule has 0 atom stereocenters. The van der Waals surface area contributed by atoms with Gasteiger partial charge in [-0.25, -0.2) is 0 Å². The molecule has 0 radical (unpaired) electrons. The molecule has 0 aliphatic carbocycles. The van der Waals surface area contributed by atoms with Gasteiger partial charge in [-0.3, -0.25) is 0 Å². The van der Waals surface area contributed by atoms with Gasteiger partial charge in [0.1, 0.15) is 11.3 Å². The molecule has 0 spiro atoms. The van der Waals surface area contributed by atoms with Crippen molar-refractivity contribution < 1.29 is 13.9 Å². The molecule has 0 bridgehead atoms. The van der Waals surface area contributed by atoms with Crippen molar-refractivity contribution in [1.29, 1.82) is 0 Å². The van der Waals surface area contributed by atoms with Crippen molar-refractivity contribution in [3.8, 4) is 22.9 Å². The lowest BCUT2D eigenvalue weighted by Gasteiger charge is -2.13. The van der Waals surface area contributed by atoms with Gasteiger partial charge in [-0.1, -0.05) is 30.0 Å². The van der Waals surface area contributed by atoms with E-state index in [1.54, 1.807) is 30.7 Å². The normalized spacial score (nSPS) is 13.3. The van der Waals surface area contributed by atoms with E-state index < -0.39 is 0 Å². The third kappa shape index (κ3) is 2.73. The van der Waals surface area contributed by atoms with Crippen LogP contribution in [0.15, 0.2) is 63.2 Å². The van der Waals surface area contributed by atoms with Gasteiger partial charge in [0.05, 0.1) is 14.2 Å². The smallest absolute Gasteiger partial charge is 0.212 e. The van der Waals surface area contributed by atoms with Crippen LogP contribution in [-0.2, 0) is 0 Å². The SMILES string of the molecule is COc1ccc(-c2nnc3n2N=C(c2cc4ccccc4o2)CS3)cc1OC. The Morgan fingerprint density at radius 2 is 1.86 bits per heavy atom. The Morgan fingerprint density at radius 1 is 1.00 bits per heavy atom. The van der Waals surface area contributed by atoms with Crippen LogP contribution >= 0.6 is 11.8 Å². The summed E-state index contributed by atoms with van der Waals surface area (Å²) in [5.74, 6) is 3.35. The molecule has 2 aromatic heterocycles. The number of thioether (sulfide) groups is 1. The lowest BCUT2D eigenvalue weighted by Crippen LogP contribution is -2.13. The fraction of sp³-hybridized carbons (Fsp3) is 0.150. The molecule has 0 amide bonds. The number of fused-ring (bicyclic) bond motifs is 2. The Bertz CT molecular complexity index is 1180. The number of furan rings is 1. The van der Waals surface area contributed by atoms with Gasteiger partial charge in [-0.05, 0) is 30.3 Å². The Labute approximate surface area is 165 Å². The number of nitrogens with zero attached hydrogens (tertiary/aromatic N) is 4. The minimum Gasteiger partial charge on any atom is -0.493 e. The number of methoxy groups -OCH3 is 2.